The second kappa shape index (κ2) is 19.5. The molecule has 0 spiro atoms. The minimum Gasteiger partial charge on any atom is -0.477 e. The first kappa shape index (κ1) is 44.5. The van der Waals surface area contributed by atoms with E-state index in [1.807, 2.05) is 24.4 Å². The van der Waals surface area contributed by atoms with Gasteiger partial charge in [-0.1, -0.05) is 31.5 Å². The van der Waals surface area contributed by atoms with Gasteiger partial charge in [-0.05, 0) is 79.8 Å². The summed E-state index contributed by atoms with van der Waals surface area (Å²) in [5, 5.41) is 16.8. The summed E-state index contributed by atoms with van der Waals surface area (Å²) in [5.74, 6) is -3.53. The van der Waals surface area contributed by atoms with Gasteiger partial charge < -0.3 is 40.6 Å². The zero-order chi connectivity index (χ0) is 43.8. The van der Waals surface area contributed by atoms with Gasteiger partial charge in [-0.3, -0.25) is 19.2 Å². The quantitative estimate of drug-likeness (QED) is 0.0651. The number of carboxylic acids is 1. The number of carboxylic acid groups (broad SMARTS) is 1. The van der Waals surface area contributed by atoms with E-state index in [2.05, 4.69) is 10.6 Å². The summed E-state index contributed by atoms with van der Waals surface area (Å²) in [6.07, 6.45) is 3.22. The van der Waals surface area contributed by atoms with Crippen LogP contribution in [0, 0.1) is 17.2 Å². The van der Waals surface area contributed by atoms with E-state index >= 15 is 4.39 Å². The number of anilines is 2. The number of ketones is 2. The smallest absolute Gasteiger partial charge is 0.410 e. The summed E-state index contributed by atoms with van der Waals surface area (Å²) >= 11 is 1.58. The van der Waals surface area contributed by atoms with E-state index in [1.165, 1.54) is 17.2 Å². The number of hydrogen-bond acceptors (Lipinski definition) is 10. The maximum absolute atomic E-state index is 15.3. The lowest BCUT2D eigenvalue weighted by Crippen LogP contribution is -2.49. The Kier molecular flexibility index (Phi) is 14.2. The summed E-state index contributed by atoms with van der Waals surface area (Å²) in [7, 11) is 0. The average Bonchev–Trinajstić information content (AvgIpc) is 3.77. The van der Waals surface area contributed by atoms with Gasteiger partial charge in [0.1, 0.15) is 29.6 Å². The number of ether oxygens (including phenoxy) is 1. The summed E-state index contributed by atoms with van der Waals surface area (Å²) in [6, 6.07) is 12.6. The molecule has 4 amide bonds. The lowest BCUT2D eigenvalue weighted by Gasteiger charge is -2.40. The first-order chi connectivity index (χ1) is 29.2. The van der Waals surface area contributed by atoms with Crippen molar-refractivity contribution in [3.05, 3.63) is 92.2 Å². The molecule has 324 valence electrons. The molecule has 15 nitrogen and oxygen atoms in total. The lowest BCUT2D eigenvalue weighted by atomic mass is 9.60. The van der Waals surface area contributed by atoms with E-state index < -0.39 is 52.1 Å². The Balaban J connectivity index is 1.02. The predicted octanol–water partition coefficient (Wildman–Crippen LogP) is 6.27. The van der Waals surface area contributed by atoms with Crippen molar-refractivity contribution in [2.45, 2.75) is 77.9 Å². The maximum atomic E-state index is 15.3. The second-order valence-corrected chi connectivity index (χ2v) is 16.7. The van der Waals surface area contributed by atoms with Gasteiger partial charge in [0.25, 0.3) is 0 Å². The van der Waals surface area contributed by atoms with Crippen molar-refractivity contribution >= 4 is 69.2 Å². The van der Waals surface area contributed by atoms with E-state index in [-0.39, 0.29) is 87.2 Å². The van der Waals surface area contributed by atoms with Gasteiger partial charge in [-0.2, -0.15) is 0 Å². The number of carbonyl (C=O) groups excluding carboxylic acids is 5. The molecule has 0 unspecified atom stereocenters. The summed E-state index contributed by atoms with van der Waals surface area (Å²) in [6.45, 7) is 5.37. The Morgan fingerprint density at radius 2 is 1.70 bits per heavy atom. The standard InChI is InChI=1S/C44H51FN6O9S/c1-3-49-25-32(41(56)57)39(54)31-23-33(45)35(24-34(31)49)50-16-18-51(19-17-50)43(59)60-26-28-9-11-30(12-10-28)48-40(55)29(7-4-15-47-42(46)58)22-38(53)44(13-6-14-44)37(52)21-27(2)36-8-5-20-61-36/h5,8-12,20,23-25,27,29H,3-4,6-7,13-19,21-22,26H2,1-2H3,(H,48,55)(H,56,57)(H3,46,47,58)/t27-,29-/m1/s1. The molecule has 1 aliphatic carbocycles. The molecule has 4 aromatic rings. The van der Waals surface area contributed by atoms with E-state index in [0.717, 1.165) is 17.4 Å². The number of hydrogen-bond donors (Lipinski definition) is 4. The van der Waals surface area contributed by atoms with Gasteiger partial charge in [0.2, 0.25) is 11.3 Å². The number of urea groups is 1. The van der Waals surface area contributed by atoms with Crippen LogP contribution in [0.2, 0.25) is 0 Å². The number of aromatic nitrogens is 1. The van der Waals surface area contributed by atoms with E-state index in [9.17, 15) is 38.7 Å². The topological polar surface area (TPSA) is 210 Å². The molecule has 6 rings (SSSR count). The van der Waals surface area contributed by atoms with Gasteiger partial charge >= 0.3 is 18.1 Å². The van der Waals surface area contributed by atoms with Gasteiger partial charge in [-0.15, -0.1) is 11.3 Å². The molecule has 0 radical (unpaired) electrons. The van der Waals surface area contributed by atoms with Crippen LogP contribution in [0.1, 0.15) is 85.5 Å². The molecule has 3 heterocycles. The monoisotopic (exact) mass is 858 g/mol. The van der Waals surface area contributed by atoms with Crippen LogP contribution < -0.4 is 26.7 Å². The Hall–Kier alpha value is -6.10. The number of pyridine rings is 1. The number of thiophene rings is 1. The number of fused-ring (bicyclic) bond motifs is 1. The molecule has 5 N–H and O–H groups in total. The minimum atomic E-state index is -1.38. The Morgan fingerprint density at radius 1 is 1.00 bits per heavy atom. The predicted molar refractivity (Wildman–Crippen MR) is 228 cm³/mol. The number of nitrogens with zero attached hydrogens (tertiary/aromatic N) is 3. The molecule has 61 heavy (non-hydrogen) atoms. The van der Waals surface area contributed by atoms with Crippen LogP contribution >= 0.6 is 11.3 Å². The highest BCUT2D eigenvalue weighted by molar-refractivity contribution is 7.10. The van der Waals surface area contributed by atoms with Crippen molar-refractivity contribution in [1.82, 2.24) is 14.8 Å². The fraction of sp³-hybridized carbons (Fsp3) is 0.432. The van der Waals surface area contributed by atoms with Gasteiger partial charge in [0, 0.05) is 80.2 Å². The number of halogens is 1. The third-order valence-corrected chi connectivity index (χ3v) is 12.9. The van der Waals surface area contributed by atoms with Crippen molar-refractivity contribution in [2.75, 3.05) is 42.9 Å². The highest BCUT2D eigenvalue weighted by Gasteiger charge is 2.50. The molecule has 0 bridgehead atoms. The second-order valence-electron chi connectivity index (χ2n) is 15.7. The van der Waals surface area contributed by atoms with Crippen LogP contribution in [0.25, 0.3) is 10.9 Å². The van der Waals surface area contributed by atoms with E-state index in [0.29, 0.717) is 42.6 Å². The van der Waals surface area contributed by atoms with Crippen molar-refractivity contribution in [1.29, 1.82) is 0 Å². The van der Waals surface area contributed by atoms with Gasteiger partial charge in [-0.25, -0.2) is 18.8 Å². The number of nitrogens with one attached hydrogen (secondary N) is 2. The first-order valence-electron chi connectivity index (χ1n) is 20.5. The van der Waals surface area contributed by atoms with Crippen molar-refractivity contribution in [3.8, 4) is 0 Å². The molecule has 2 aliphatic rings. The number of Topliss-reactive ketones (excluding diaryl/α,β-unsaturated/α-hetero) is 2. The average molecular weight is 859 g/mol. The SMILES string of the molecule is CCn1cc(C(=O)O)c(=O)c2cc(F)c(N3CCN(C(=O)OCc4ccc(NC(=O)[C@H](CCCNC(N)=O)CC(=O)C5(C(=O)C[C@@H](C)c6cccs6)CCC5)cc4)CC3)cc21. The zero-order valence-corrected chi connectivity index (χ0v) is 35.1. The Morgan fingerprint density at radius 3 is 2.31 bits per heavy atom. The largest absolute Gasteiger partial charge is 0.477 e. The zero-order valence-electron chi connectivity index (χ0n) is 34.2. The molecule has 2 aromatic carbocycles. The molecule has 2 fully saturated rings. The molecule has 2 aromatic heterocycles. The fourth-order valence-electron chi connectivity index (χ4n) is 8.04. The molecular formula is C44H51FN6O9S. The lowest BCUT2D eigenvalue weighted by molar-refractivity contribution is -0.148. The number of aryl methyl sites for hydroxylation is 1. The third-order valence-electron chi connectivity index (χ3n) is 11.8. The van der Waals surface area contributed by atoms with Crippen LogP contribution in [0.5, 0.6) is 0 Å². The van der Waals surface area contributed by atoms with E-state index in [4.69, 9.17) is 10.5 Å². The number of rotatable bonds is 18. The normalized spacial score (nSPS) is 15.7. The van der Waals surface area contributed by atoms with Gasteiger partial charge in [0.15, 0.2) is 0 Å². The molecule has 2 atom stereocenters. The minimum absolute atomic E-state index is 0.0151. The molecule has 1 saturated carbocycles. The summed E-state index contributed by atoms with van der Waals surface area (Å²) < 4.78 is 22.5. The highest BCUT2D eigenvalue weighted by Crippen LogP contribution is 2.46. The van der Waals surface area contributed by atoms with Crippen LogP contribution in [0.4, 0.5) is 25.4 Å². The number of primary amides is 1. The van der Waals surface area contributed by atoms with E-state index in [1.54, 1.807) is 52.0 Å². The Bertz CT molecular complexity index is 2340. The van der Waals surface area contributed by atoms with Crippen LogP contribution in [0.3, 0.4) is 0 Å². The molecular weight excluding hydrogens is 808 g/mol. The number of amides is 4. The number of carbonyl (C=O) groups is 6. The number of nitrogens with two attached hydrogens (primary N) is 1. The first-order valence-corrected chi connectivity index (χ1v) is 21.4. The number of benzene rings is 2. The molecule has 17 heteroatoms. The van der Waals surface area contributed by atoms with Gasteiger partial charge in [0.05, 0.1) is 16.6 Å². The Labute approximate surface area is 356 Å². The number of aromatic carboxylic acids is 1. The van der Waals surface area contributed by atoms with Crippen molar-refractivity contribution in [3.63, 3.8) is 0 Å². The summed E-state index contributed by atoms with van der Waals surface area (Å²) in [5.41, 5.74) is 4.70. The van der Waals surface area contributed by atoms with Crippen LogP contribution in [-0.2, 0) is 32.3 Å². The fourth-order valence-corrected chi connectivity index (χ4v) is 8.83. The number of piperazine rings is 1. The summed E-state index contributed by atoms with van der Waals surface area (Å²) in [4.78, 5) is 94.1. The maximum Gasteiger partial charge on any atom is 0.410 e. The van der Waals surface area contributed by atoms with Crippen LogP contribution in [-0.4, -0.2) is 82.9 Å². The third kappa shape index (κ3) is 10.3. The van der Waals surface area contributed by atoms with Crippen LogP contribution in [0.15, 0.2) is 64.9 Å². The molecule has 1 saturated heterocycles. The molecule has 1 aliphatic heterocycles. The highest BCUT2D eigenvalue weighted by atomic mass is 32.1. The van der Waals surface area contributed by atoms with Crippen molar-refractivity contribution < 1.29 is 43.0 Å². The van der Waals surface area contributed by atoms with Crippen molar-refractivity contribution in [2.24, 2.45) is 17.1 Å².